The molecule has 30 heavy (non-hydrogen) atoms. The lowest BCUT2D eigenvalue weighted by Crippen LogP contribution is -3.11. The minimum atomic E-state index is -0.174. The number of nitrogens with one attached hydrogen (secondary N) is 2. The number of carbonyl (C=O) groups is 1. The number of anilines is 1. The number of rotatable bonds is 10. The Bertz CT molecular complexity index is 937. The molecule has 1 aromatic carbocycles. The van der Waals surface area contributed by atoms with E-state index in [0.717, 1.165) is 79.4 Å². The zero-order chi connectivity index (χ0) is 21.5. The van der Waals surface area contributed by atoms with Crippen molar-refractivity contribution < 1.29 is 9.69 Å². The van der Waals surface area contributed by atoms with Crippen LogP contribution in [0.25, 0.3) is 0 Å². The molecular weight excluding hydrogens is 396 g/mol. The van der Waals surface area contributed by atoms with Crippen molar-refractivity contribution in [3.05, 3.63) is 51.6 Å². The highest BCUT2D eigenvalue weighted by atomic mass is 32.2. The summed E-state index contributed by atoms with van der Waals surface area (Å²) in [5.41, 5.74) is 4.02. The van der Waals surface area contributed by atoms with Crippen LogP contribution in [0.4, 0.5) is 5.69 Å². The van der Waals surface area contributed by atoms with Crippen LogP contribution in [0.1, 0.15) is 43.5 Å². The first-order valence-corrected chi connectivity index (χ1v) is 12.0. The van der Waals surface area contributed by atoms with Crippen LogP contribution >= 0.6 is 11.8 Å². The van der Waals surface area contributed by atoms with Gasteiger partial charge >= 0.3 is 5.69 Å². The van der Waals surface area contributed by atoms with Crippen molar-refractivity contribution in [3.63, 3.8) is 0 Å². The highest BCUT2D eigenvalue weighted by Crippen LogP contribution is 2.29. The average Bonchev–Trinajstić information content (AvgIpc) is 3.21. The lowest BCUT2D eigenvalue weighted by Gasteiger charge is -2.17. The number of hydrogen-bond acceptors (Lipinski definition) is 4. The van der Waals surface area contributed by atoms with Crippen LogP contribution in [0.3, 0.4) is 0 Å². The summed E-state index contributed by atoms with van der Waals surface area (Å²) in [5.74, 6) is 0.174. The smallest absolute Gasteiger partial charge is 0.335 e. The number of thioether (sulfide) groups is 1. The number of fused-ring (bicyclic) bond motifs is 1. The minimum Gasteiger partial charge on any atom is -0.335 e. The van der Waals surface area contributed by atoms with Gasteiger partial charge in [-0.3, -0.25) is 9.36 Å². The van der Waals surface area contributed by atoms with E-state index in [1.807, 2.05) is 35.8 Å². The predicted octanol–water partition coefficient (Wildman–Crippen LogP) is 2.09. The fourth-order valence-electron chi connectivity index (χ4n) is 4.08. The van der Waals surface area contributed by atoms with Crippen LogP contribution in [-0.4, -0.2) is 40.8 Å². The molecule has 0 atom stereocenters. The molecule has 1 aromatic heterocycles. The highest BCUT2D eigenvalue weighted by Gasteiger charge is 2.22. The third kappa shape index (κ3) is 5.73. The van der Waals surface area contributed by atoms with Crippen LogP contribution in [0.5, 0.6) is 0 Å². The molecule has 6 nitrogen and oxygen atoms in total. The topological polar surface area (TPSA) is 68.4 Å². The quantitative estimate of drug-likeness (QED) is 0.448. The number of benzene rings is 1. The van der Waals surface area contributed by atoms with Crippen LogP contribution < -0.4 is 15.9 Å². The zero-order valence-corrected chi connectivity index (χ0v) is 19.1. The molecule has 2 N–H and O–H groups in total. The fraction of sp³-hybridized carbons (Fsp3) is 0.522. The van der Waals surface area contributed by atoms with Crippen molar-refractivity contribution in [1.29, 1.82) is 0 Å². The molecule has 0 unspecified atom stereocenters. The van der Waals surface area contributed by atoms with Gasteiger partial charge in [-0.15, -0.1) is 0 Å². The number of hydrogen-bond donors (Lipinski definition) is 2. The van der Waals surface area contributed by atoms with E-state index < -0.39 is 0 Å². The van der Waals surface area contributed by atoms with E-state index in [2.05, 4.69) is 24.1 Å². The molecule has 1 amide bonds. The molecular formula is C23H33N4O2S+. The Hall–Kier alpha value is -2.12. The molecule has 0 aliphatic heterocycles. The standard InChI is InChI=1S/C23H32N4O2S/c1-4-26(5-2)13-8-14-27-20-12-7-11-19(20)22(25-23(27)29)30-16-21(28)24-18-10-6-9-17(3)15-18/h6,9-10,15H,4-5,7-8,11-14,16H2,1-3H3,(H,24,28)/p+1. The van der Waals surface area contributed by atoms with E-state index >= 15 is 0 Å². The lowest BCUT2D eigenvalue weighted by atomic mass is 10.2. The Morgan fingerprint density at radius 2 is 2.07 bits per heavy atom. The molecule has 7 heteroatoms. The van der Waals surface area contributed by atoms with Gasteiger partial charge in [0.2, 0.25) is 5.91 Å². The molecule has 1 aliphatic rings. The number of nitrogens with zero attached hydrogens (tertiary/aromatic N) is 2. The summed E-state index contributed by atoms with van der Waals surface area (Å²) in [6, 6.07) is 7.75. The largest absolute Gasteiger partial charge is 0.348 e. The molecule has 3 rings (SSSR count). The van der Waals surface area contributed by atoms with Gasteiger partial charge in [0.1, 0.15) is 5.03 Å². The van der Waals surface area contributed by atoms with E-state index in [0.29, 0.717) is 0 Å². The first kappa shape index (κ1) is 22.6. The van der Waals surface area contributed by atoms with Crippen LogP contribution in [0, 0.1) is 6.92 Å². The average molecular weight is 430 g/mol. The first-order chi connectivity index (χ1) is 14.5. The van der Waals surface area contributed by atoms with Crippen molar-refractivity contribution in [2.75, 3.05) is 30.7 Å². The third-order valence-electron chi connectivity index (χ3n) is 5.75. The SMILES string of the molecule is CC[NH+](CC)CCCn1c2c(c(SCC(=O)Nc3cccc(C)c3)nc1=O)CCC2. The van der Waals surface area contributed by atoms with Crippen LogP contribution in [0.15, 0.2) is 34.1 Å². The van der Waals surface area contributed by atoms with Gasteiger partial charge in [-0.1, -0.05) is 23.9 Å². The third-order valence-corrected chi connectivity index (χ3v) is 6.77. The van der Waals surface area contributed by atoms with E-state index in [9.17, 15) is 9.59 Å². The maximum atomic E-state index is 12.7. The van der Waals surface area contributed by atoms with Crippen LogP contribution in [0.2, 0.25) is 0 Å². The number of quaternary nitrogens is 1. The first-order valence-electron chi connectivity index (χ1n) is 11.0. The van der Waals surface area contributed by atoms with Crippen molar-refractivity contribution in [3.8, 4) is 0 Å². The maximum Gasteiger partial charge on any atom is 0.348 e. The Labute approximate surface area is 183 Å². The molecule has 0 saturated heterocycles. The summed E-state index contributed by atoms with van der Waals surface area (Å²) in [4.78, 5) is 31.0. The molecule has 1 heterocycles. The van der Waals surface area contributed by atoms with Crippen molar-refractivity contribution >= 4 is 23.4 Å². The van der Waals surface area contributed by atoms with Gasteiger partial charge < -0.3 is 10.2 Å². The second-order valence-corrected chi connectivity index (χ2v) is 8.86. The molecule has 1 aliphatic carbocycles. The minimum absolute atomic E-state index is 0.0782. The van der Waals surface area contributed by atoms with Gasteiger partial charge in [-0.05, 0) is 57.7 Å². The van der Waals surface area contributed by atoms with Crippen molar-refractivity contribution in [2.45, 2.75) is 58.0 Å². The van der Waals surface area contributed by atoms with Gasteiger partial charge in [0.25, 0.3) is 0 Å². The van der Waals surface area contributed by atoms with E-state index in [1.54, 1.807) is 4.90 Å². The van der Waals surface area contributed by atoms with Gasteiger partial charge in [0.15, 0.2) is 0 Å². The fourth-order valence-corrected chi connectivity index (χ4v) is 4.96. The normalized spacial score (nSPS) is 12.9. The van der Waals surface area contributed by atoms with Gasteiger partial charge in [0.05, 0.1) is 25.4 Å². The summed E-state index contributed by atoms with van der Waals surface area (Å²) in [5, 5.41) is 3.66. The second kappa shape index (κ2) is 10.8. The monoisotopic (exact) mass is 429 g/mol. The number of amides is 1. The van der Waals surface area contributed by atoms with E-state index in [4.69, 9.17) is 0 Å². The zero-order valence-electron chi connectivity index (χ0n) is 18.3. The van der Waals surface area contributed by atoms with Gasteiger partial charge in [-0.25, -0.2) is 4.79 Å². The maximum absolute atomic E-state index is 12.7. The number of aromatic nitrogens is 2. The Morgan fingerprint density at radius 3 is 2.80 bits per heavy atom. The summed E-state index contributed by atoms with van der Waals surface area (Å²) in [6.07, 6.45) is 3.89. The molecule has 162 valence electrons. The van der Waals surface area contributed by atoms with E-state index in [1.165, 1.54) is 11.8 Å². The highest BCUT2D eigenvalue weighted by molar-refractivity contribution is 8.00. The Morgan fingerprint density at radius 1 is 1.27 bits per heavy atom. The molecule has 0 fully saturated rings. The summed E-state index contributed by atoms with van der Waals surface area (Å²) in [7, 11) is 0. The molecule has 2 aromatic rings. The van der Waals surface area contributed by atoms with Crippen molar-refractivity contribution in [2.24, 2.45) is 0 Å². The number of carbonyl (C=O) groups excluding carboxylic acids is 1. The number of aryl methyl sites for hydroxylation is 1. The Kier molecular flexibility index (Phi) is 8.10. The van der Waals surface area contributed by atoms with Gasteiger partial charge in [-0.2, -0.15) is 4.98 Å². The second-order valence-electron chi connectivity index (χ2n) is 7.90. The van der Waals surface area contributed by atoms with E-state index in [-0.39, 0.29) is 17.3 Å². The molecule has 0 saturated carbocycles. The summed E-state index contributed by atoms with van der Waals surface area (Å²) in [6.45, 7) is 10.4. The molecule has 0 bridgehead atoms. The summed E-state index contributed by atoms with van der Waals surface area (Å²) >= 11 is 1.38. The molecule has 0 spiro atoms. The van der Waals surface area contributed by atoms with Crippen molar-refractivity contribution in [1.82, 2.24) is 9.55 Å². The van der Waals surface area contributed by atoms with Crippen LogP contribution in [-0.2, 0) is 24.2 Å². The predicted molar refractivity (Wildman–Crippen MR) is 123 cm³/mol. The summed E-state index contributed by atoms with van der Waals surface area (Å²) < 4.78 is 1.88. The lowest BCUT2D eigenvalue weighted by molar-refractivity contribution is -0.896. The molecule has 0 radical (unpaired) electrons. The Balaban J connectivity index is 1.65. The van der Waals surface area contributed by atoms with Gasteiger partial charge in [0, 0.05) is 29.9 Å².